The number of carbonyl (C=O) groups excluding carboxylic acids is 1. The zero-order chi connectivity index (χ0) is 18.1. The third-order valence-corrected chi connectivity index (χ3v) is 4.79. The number of rotatable bonds is 1. The Morgan fingerprint density at radius 1 is 1.04 bits per heavy atom. The first-order valence-electron chi connectivity index (χ1n) is 9.21. The van der Waals surface area contributed by atoms with E-state index in [2.05, 4.69) is 28.3 Å². The summed E-state index contributed by atoms with van der Waals surface area (Å²) in [5.74, 6) is 0.0734. The minimum atomic E-state index is 0.0734. The Kier molecular flexibility index (Phi) is 4.25. The zero-order valence-corrected chi connectivity index (χ0v) is 15.1. The van der Waals surface area contributed by atoms with E-state index in [1.165, 1.54) is 0 Å². The number of aromatic nitrogens is 3. The molecule has 0 aliphatic heterocycles. The van der Waals surface area contributed by atoms with Crippen LogP contribution in [0.5, 0.6) is 0 Å². The number of benzene rings is 1. The molecule has 0 bridgehead atoms. The largest absolute Gasteiger partial charge is 0.288 e. The summed E-state index contributed by atoms with van der Waals surface area (Å²) in [6.45, 7) is 4.00. The number of ketones is 1. The van der Waals surface area contributed by atoms with Crippen LogP contribution in [0.25, 0.3) is 22.3 Å². The normalized spacial score (nSPS) is 15.4. The molecule has 0 N–H and O–H groups in total. The van der Waals surface area contributed by atoms with Gasteiger partial charge in [-0.2, -0.15) is 5.10 Å². The second-order valence-electron chi connectivity index (χ2n) is 6.20. The van der Waals surface area contributed by atoms with Crippen LogP contribution in [0.3, 0.4) is 0 Å². The van der Waals surface area contributed by atoms with Crippen molar-refractivity contribution in [2.75, 3.05) is 0 Å². The van der Waals surface area contributed by atoms with Gasteiger partial charge in [-0.15, -0.1) is 0 Å². The molecule has 26 heavy (non-hydrogen) atoms. The van der Waals surface area contributed by atoms with Crippen molar-refractivity contribution >= 4 is 17.0 Å². The molecule has 3 aromatic rings. The Morgan fingerprint density at radius 2 is 1.85 bits per heavy atom. The van der Waals surface area contributed by atoms with Crippen molar-refractivity contribution in [2.45, 2.75) is 33.1 Å². The van der Waals surface area contributed by atoms with E-state index >= 15 is 0 Å². The van der Waals surface area contributed by atoms with Crippen molar-refractivity contribution in [3.05, 3.63) is 71.7 Å². The van der Waals surface area contributed by atoms with Crippen molar-refractivity contribution in [3.63, 3.8) is 0 Å². The molecule has 130 valence electrons. The van der Waals surface area contributed by atoms with E-state index in [0.29, 0.717) is 5.56 Å². The smallest absolute Gasteiger partial charge is 0.197 e. The number of nitrogens with zero attached hydrogens (tertiary/aromatic N) is 3. The highest BCUT2D eigenvalue weighted by Crippen LogP contribution is 2.39. The molecule has 5 rings (SSSR count). The van der Waals surface area contributed by atoms with E-state index in [-0.39, 0.29) is 5.78 Å². The molecule has 2 heterocycles. The molecule has 0 saturated carbocycles. The summed E-state index contributed by atoms with van der Waals surface area (Å²) < 4.78 is 1.84. The second kappa shape index (κ2) is 6.71. The van der Waals surface area contributed by atoms with Gasteiger partial charge in [0.25, 0.3) is 0 Å². The molecule has 0 spiro atoms. The molecule has 2 aromatic heterocycles. The lowest BCUT2D eigenvalue weighted by Gasteiger charge is -2.07. The summed E-state index contributed by atoms with van der Waals surface area (Å²) in [5.41, 5.74) is 6.39. The predicted octanol–water partition coefficient (Wildman–Crippen LogP) is 5.11. The Balaban J connectivity index is 0.000000814. The molecule has 0 unspecified atom stereocenters. The van der Waals surface area contributed by atoms with Gasteiger partial charge in [-0.25, -0.2) is 9.50 Å². The fourth-order valence-corrected chi connectivity index (χ4v) is 3.65. The number of hydrogen-bond acceptors (Lipinski definition) is 3. The predicted molar refractivity (Wildman–Crippen MR) is 104 cm³/mol. The molecule has 0 atom stereocenters. The van der Waals surface area contributed by atoms with Crippen LogP contribution in [0.4, 0.5) is 0 Å². The average molecular weight is 343 g/mol. The molecular weight excluding hydrogens is 322 g/mol. The van der Waals surface area contributed by atoms with E-state index in [4.69, 9.17) is 0 Å². The van der Waals surface area contributed by atoms with Crippen LogP contribution in [0.1, 0.15) is 49.2 Å². The molecule has 1 aromatic carbocycles. The number of allylic oxidation sites excluding steroid dienone is 4. The molecule has 2 aliphatic carbocycles. The van der Waals surface area contributed by atoms with Gasteiger partial charge in [0.15, 0.2) is 11.4 Å². The SMILES string of the molecule is CC.O=C1C2=C(CCCC=C2)c2c1cnc1c(-c3ccccc3)cnn21. The van der Waals surface area contributed by atoms with Gasteiger partial charge < -0.3 is 0 Å². The summed E-state index contributed by atoms with van der Waals surface area (Å²) in [6, 6.07) is 10.1. The maximum atomic E-state index is 12.7. The third-order valence-electron chi connectivity index (χ3n) is 4.79. The maximum absolute atomic E-state index is 12.7. The van der Waals surface area contributed by atoms with E-state index in [1.807, 2.05) is 48.8 Å². The highest BCUT2D eigenvalue weighted by molar-refractivity contribution is 6.22. The monoisotopic (exact) mass is 343 g/mol. The standard InChI is InChI=1S/C20H15N3O.C2H6/c24-19-15-10-6-2-5-9-14(15)18-17(19)11-21-20-16(12-22-23(18)20)13-7-3-1-4-8-13;1-2/h1,3-4,6-8,10-12H,2,5,9H2;1-2H3. The summed E-state index contributed by atoms with van der Waals surface area (Å²) >= 11 is 0. The van der Waals surface area contributed by atoms with Crippen molar-refractivity contribution in [3.8, 4) is 11.1 Å². The zero-order valence-electron chi connectivity index (χ0n) is 15.1. The Bertz CT molecular complexity index is 1040. The van der Waals surface area contributed by atoms with Gasteiger partial charge in [0.2, 0.25) is 0 Å². The molecular formula is C22H21N3O. The van der Waals surface area contributed by atoms with Gasteiger partial charge in [0.1, 0.15) is 0 Å². The lowest BCUT2D eigenvalue weighted by atomic mass is 10.1. The third kappa shape index (κ3) is 2.41. The van der Waals surface area contributed by atoms with Gasteiger partial charge in [-0.1, -0.05) is 56.3 Å². The minimum absolute atomic E-state index is 0.0734. The Hall–Kier alpha value is -3.01. The first kappa shape index (κ1) is 16.5. The Morgan fingerprint density at radius 3 is 2.65 bits per heavy atom. The van der Waals surface area contributed by atoms with Gasteiger partial charge in [-0.3, -0.25) is 4.79 Å². The maximum Gasteiger partial charge on any atom is 0.197 e. The molecule has 0 saturated heterocycles. The van der Waals surface area contributed by atoms with E-state index in [0.717, 1.165) is 52.9 Å². The fourth-order valence-electron chi connectivity index (χ4n) is 3.65. The molecule has 0 fully saturated rings. The van der Waals surface area contributed by atoms with E-state index in [9.17, 15) is 4.79 Å². The number of carbonyl (C=O) groups is 1. The fraction of sp³-hybridized carbons (Fsp3) is 0.227. The summed E-state index contributed by atoms with van der Waals surface area (Å²) in [6.07, 6.45) is 10.6. The summed E-state index contributed by atoms with van der Waals surface area (Å²) in [7, 11) is 0. The average Bonchev–Trinajstić information content (AvgIpc) is 3.13. The lowest BCUT2D eigenvalue weighted by Crippen LogP contribution is -2.04. The highest BCUT2D eigenvalue weighted by Gasteiger charge is 2.32. The quantitative estimate of drug-likeness (QED) is 0.616. The van der Waals surface area contributed by atoms with Crippen LogP contribution >= 0.6 is 0 Å². The molecule has 0 amide bonds. The van der Waals surface area contributed by atoms with Gasteiger partial charge in [0, 0.05) is 17.3 Å². The first-order valence-corrected chi connectivity index (χ1v) is 9.21. The van der Waals surface area contributed by atoms with E-state index < -0.39 is 0 Å². The van der Waals surface area contributed by atoms with Crippen LogP contribution in [-0.2, 0) is 0 Å². The van der Waals surface area contributed by atoms with Crippen LogP contribution in [0, 0.1) is 0 Å². The first-order chi connectivity index (χ1) is 12.8. The summed E-state index contributed by atoms with van der Waals surface area (Å²) in [4.78, 5) is 17.3. The van der Waals surface area contributed by atoms with Crippen LogP contribution in [0.15, 0.2) is 60.5 Å². The van der Waals surface area contributed by atoms with Crippen LogP contribution < -0.4 is 0 Å². The number of Topliss-reactive ketones (excluding diaryl/α,β-unsaturated/α-hetero) is 1. The van der Waals surface area contributed by atoms with Crippen molar-refractivity contribution in [2.24, 2.45) is 0 Å². The summed E-state index contributed by atoms with van der Waals surface area (Å²) in [5, 5.41) is 4.57. The topological polar surface area (TPSA) is 47.3 Å². The molecule has 0 radical (unpaired) electrons. The highest BCUT2D eigenvalue weighted by atomic mass is 16.1. The lowest BCUT2D eigenvalue weighted by molar-refractivity contribution is 0.104. The van der Waals surface area contributed by atoms with Crippen molar-refractivity contribution < 1.29 is 4.79 Å². The number of hydrogen-bond donors (Lipinski definition) is 0. The van der Waals surface area contributed by atoms with Crippen LogP contribution in [-0.4, -0.2) is 20.4 Å². The van der Waals surface area contributed by atoms with E-state index in [1.54, 1.807) is 6.20 Å². The Labute approximate surface area is 152 Å². The minimum Gasteiger partial charge on any atom is -0.288 e. The van der Waals surface area contributed by atoms with Gasteiger partial charge in [-0.05, 0) is 30.4 Å². The van der Waals surface area contributed by atoms with Crippen molar-refractivity contribution in [1.82, 2.24) is 14.6 Å². The van der Waals surface area contributed by atoms with Gasteiger partial charge >= 0.3 is 0 Å². The van der Waals surface area contributed by atoms with Crippen LogP contribution in [0.2, 0.25) is 0 Å². The molecule has 2 aliphatic rings. The van der Waals surface area contributed by atoms with Crippen molar-refractivity contribution in [1.29, 1.82) is 0 Å². The molecule has 4 heteroatoms. The number of fused-ring (bicyclic) bond motifs is 4. The molecule has 4 nitrogen and oxygen atoms in total. The second-order valence-corrected chi connectivity index (χ2v) is 6.20. The van der Waals surface area contributed by atoms with Gasteiger partial charge in [0.05, 0.1) is 17.5 Å².